The Balaban J connectivity index is 1.91. The number of rotatable bonds is 6. The van der Waals surface area contributed by atoms with Gasteiger partial charge in [0.2, 0.25) is 0 Å². The van der Waals surface area contributed by atoms with Crippen molar-refractivity contribution >= 4 is 40.2 Å². The lowest BCUT2D eigenvalue weighted by Crippen LogP contribution is -2.11. The molecule has 3 rings (SSSR count). The van der Waals surface area contributed by atoms with E-state index < -0.39 is 5.91 Å². The van der Waals surface area contributed by atoms with Crippen LogP contribution in [-0.2, 0) is 6.42 Å². The van der Waals surface area contributed by atoms with Gasteiger partial charge in [-0.1, -0.05) is 42.5 Å². The third-order valence-electron chi connectivity index (χ3n) is 4.13. The maximum Gasteiger partial charge on any atom is 0.252 e. The Labute approximate surface area is 162 Å². The van der Waals surface area contributed by atoms with Crippen molar-refractivity contribution < 1.29 is 4.79 Å². The molecule has 2 aromatic carbocycles. The molecule has 1 heterocycles. The van der Waals surface area contributed by atoms with Gasteiger partial charge in [-0.25, -0.2) is 4.99 Å². The van der Waals surface area contributed by atoms with E-state index in [2.05, 4.69) is 29.3 Å². The lowest BCUT2D eigenvalue weighted by atomic mass is 10.1. The molecule has 3 aromatic rings. The molecule has 132 valence electrons. The first-order valence-corrected chi connectivity index (χ1v) is 10.3. The number of primary amides is 1. The summed E-state index contributed by atoms with van der Waals surface area (Å²) >= 11 is 3.23. The number of hydrogen-bond donors (Lipinski definition) is 1. The van der Waals surface area contributed by atoms with Crippen LogP contribution in [0.4, 0.5) is 5.00 Å². The van der Waals surface area contributed by atoms with E-state index in [0.29, 0.717) is 10.6 Å². The minimum absolute atomic E-state index is 0.428. The van der Waals surface area contributed by atoms with Crippen LogP contribution in [0.2, 0.25) is 0 Å². The number of thiophene rings is 1. The molecule has 0 saturated carbocycles. The number of carbonyl (C=O) groups excluding carboxylic acids is 1. The van der Waals surface area contributed by atoms with Crippen LogP contribution >= 0.6 is 23.1 Å². The highest BCUT2D eigenvalue weighted by molar-refractivity contribution is 7.98. The normalized spacial score (nSPS) is 11.2. The second-order valence-corrected chi connectivity index (χ2v) is 7.85. The van der Waals surface area contributed by atoms with Gasteiger partial charge in [-0.05, 0) is 42.0 Å². The molecule has 0 fully saturated rings. The van der Waals surface area contributed by atoms with Gasteiger partial charge in [-0.3, -0.25) is 4.79 Å². The van der Waals surface area contributed by atoms with Crippen molar-refractivity contribution in [3.63, 3.8) is 0 Å². The quantitative estimate of drug-likeness (QED) is 0.471. The number of aliphatic imine (C=N–C) groups is 1. The van der Waals surface area contributed by atoms with Gasteiger partial charge in [0, 0.05) is 22.4 Å². The fourth-order valence-corrected chi connectivity index (χ4v) is 4.30. The maximum atomic E-state index is 12.0. The van der Waals surface area contributed by atoms with E-state index in [0.717, 1.165) is 22.4 Å². The molecule has 0 atom stereocenters. The summed E-state index contributed by atoms with van der Waals surface area (Å²) in [5, 5.41) is 0.676. The van der Waals surface area contributed by atoms with E-state index in [1.54, 1.807) is 18.0 Å². The summed E-state index contributed by atoms with van der Waals surface area (Å²) in [7, 11) is 0. The van der Waals surface area contributed by atoms with E-state index in [9.17, 15) is 4.79 Å². The molecule has 0 aliphatic heterocycles. The molecule has 0 aliphatic rings. The number of carbonyl (C=O) groups is 1. The van der Waals surface area contributed by atoms with Crippen molar-refractivity contribution in [2.24, 2.45) is 10.7 Å². The Morgan fingerprint density at radius 2 is 1.85 bits per heavy atom. The number of hydrogen-bond acceptors (Lipinski definition) is 4. The highest BCUT2D eigenvalue weighted by Crippen LogP contribution is 2.36. The molecule has 5 heteroatoms. The molecule has 0 radical (unpaired) electrons. The Hall–Kier alpha value is -2.37. The zero-order chi connectivity index (χ0) is 18.5. The first-order chi connectivity index (χ1) is 12.6. The van der Waals surface area contributed by atoms with E-state index in [4.69, 9.17) is 5.73 Å². The molecule has 1 amide bonds. The fraction of sp³-hybridized carbons (Fsp3) is 0.143. The van der Waals surface area contributed by atoms with E-state index in [1.165, 1.54) is 21.8 Å². The molecule has 0 saturated heterocycles. The number of amides is 1. The first kappa shape index (κ1) is 18.4. The van der Waals surface area contributed by atoms with Gasteiger partial charge in [0.05, 0.1) is 5.56 Å². The summed E-state index contributed by atoms with van der Waals surface area (Å²) in [5.41, 5.74) is 9.27. The monoisotopic (exact) mass is 380 g/mol. The standard InChI is InChI=1S/C21H20N2OS2/c1-14-18(12-15-6-4-3-5-7-15)26-21(19(14)20(22)24)23-13-16-8-10-17(25-2)11-9-16/h3-11,13H,12H2,1-2H3,(H2,22,24)/b23-13+. The maximum absolute atomic E-state index is 12.0. The summed E-state index contributed by atoms with van der Waals surface area (Å²) in [4.78, 5) is 18.8. The molecule has 3 nitrogen and oxygen atoms in total. The minimum atomic E-state index is -0.428. The van der Waals surface area contributed by atoms with Crippen LogP contribution in [0.5, 0.6) is 0 Å². The molecule has 2 N–H and O–H groups in total. The SMILES string of the molecule is CSc1ccc(/C=N/c2sc(Cc3ccccc3)c(C)c2C(N)=O)cc1. The Bertz CT molecular complexity index is 929. The smallest absolute Gasteiger partial charge is 0.252 e. The van der Waals surface area contributed by atoms with Crippen molar-refractivity contribution in [3.8, 4) is 0 Å². The minimum Gasteiger partial charge on any atom is -0.365 e. The van der Waals surface area contributed by atoms with Gasteiger partial charge in [0.15, 0.2) is 0 Å². The summed E-state index contributed by atoms with van der Waals surface area (Å²) < 4.78 is 0. The lowest BCUT2D eigenvalue weighted by Gasteiger charge is -2.00. The fourth-order valence-electron chi connectivity index (χ4n) is 2.70. The lowest BCUT2D eigenvalue weighted by molar-refractivity contribution is 0.100. The van der Waals surface area contributed by atoms with Crippen molar-refractivity contribution in [1.82, 2.24) is 0 Å². The third kappa shape index (κ3) is 4.23. The molecular formula is C21H20N2OS2. The number of benzene rings is 2. The average molecular weight is 381 g/mol. The highest BCUT2D eigenvalue weighted by Gasteiger charge is 2.18. The van der Waals surface area contributed by atoms with Gasteiger partial charge in [0.1, 0.15) is 5.00 Å². The second-order valence-electron chi connectivity index (χ2n) is 5.89. The topological polar surface area (TPSA) is 55.4 Å². The van der Waals surface area contributed by atoms with E-state index in [-0.39, 0.29) is 0 Å². The molecule has 1 aromatic heterocycles. The molecule has 0 spiro atoms. The van der Waals surface area contributed by atoms with Gasteiger partial charge in [-0.2, -0.15) is 0 Å². The molecule has 0 aliphatic carbocycles. The zero-order valence-electron chi connectivity index (χ0n) is 14.7. The van der Waals surface area contributed by atoms with E-state index in [1.807, 2.05) is 43.5 Å². The summed E-state index contributed by atoms with van der Waals surface area (Å²) in [6.45, 7) is 1.95. The zero-order valence-corrected chi connectivity index (χ0v) is 16.4. The van der Waals surface area contributed by atoms with Gasteiger partial charge in [-0.15, -0.1) is 23.1 Å². The van der Waals surface area contributed by atoms with Crippen LogP contribution in [0.15, 0.2) is 64.5 Å². The largest absolute Gasteiger partial charge is 0.365 e. The van der Waals surface area contributed by atoms with Crippen LogP contribution < -0.4 is 5.73 Å². The Kier molecular flexibility index (Phi) is 5.91. The van der Waals surface area contributed by atoms with Gasteiger partial charge in [0.25, 0.3) is 5.91 Å². The van der Waals surface area contributed by atoms with Crippen LogP contribution in [0.1, 0.15) is 31.9 Å². The van der Waals surface area contributed by atoms with Crippen LogP contribution in [0.3, 0.4) is 0 Å². The predicted molar refractivity (Wildman–Crippen MR) is 112 cm³/mol. The average Bonchev–Trinajstić information content (AvgIpc) is 2.97. The molecule has 0 unspecified atom stereocenters. The first-order valence-electron chi connectivity index (χ1n) is 8.22. The molecular weight excluding hydrogens is 360 g/mol. The van der Waals surface area contributed by atoms with Gasteiger partial charge < -0.3 is 5.73 Å². The number of nitrogens with zero attached hydrogens (tertiary/aromatic N) is 1. The number of thioether (sulfide) groups is 1. The van der Waals surface area contributed by atoms with Crippen molar-refractivity contribution in [1.29, 1.82) is 0 Å². The highest BCUT2D eigenvalue weighted by atomic mass is 32.2. The number of nitrogens with two attached hydrogens (primary N) is 1. The predicted octanol–water partition coefficient (Wildman–Crippen LogP) is 5.22. The van der Waals surface area contributed by atoms with Crippen LogP contribution in [0.25, 0.3) is 0 Å². The Morgan fingerprint density at radius 3 is 2.46 bits per heavy atom. The molecule has 26 heavy (non-hydrogen) atoms. The summed E-state index contributed by atoms with van der Waals surface area (Å²) in [5.74, 6) is -0.428. The Morgan fingerprint density at radius 1 is 1.15 bits per heavy atom. The van der Waals surface area contributed by atoms with Crippen molar-refractivity contribution in [2.45, 2.75) is 18.2 Å². The summed E-state index contributed by atoms with van der Waals surface area (Å²) in [6.07, 6.45) is 4.61. The van der Waals surface area contributed by atoms with Crippen molar-refractivity contribution in [2.75, 3.05) is 6.26 Å². The molecule has 0 bridgehead atoms. The van der Waals surface area contributed by atoms with E-state index >= 15 is 0 Å². The van der Waals surface area contributed by atoms with Crippen LogP contribution in [-0.4, -0.2) is 18.4 Å². The third-order valence-corrected chi connectivity index (χ3v) is 6.07. The van der Waals surface area contributed by atoms with Crippen molar-refractivity contribution in [3.05, 3.63) is 81.7 Å². The summed E-state index contributed by atoms with van der Waals surface area (Å²) in [6, 6.07) is 18.4. The van der Waals surface area contributed by atoms with Gasteiger partial charge >= 0.3 is 0 Å². The van der Waals surface area contributed by atoms with Crippen LogP contribution in [0, 0.1) is 6.92 Å². The second kappa shape index (κ2) is 8.34.